The topological polar surface area (TPSA) is 55.1 Å². The van der Waals surface area contributed by atoms with Gasteiger partial charge >= 0.3 is 0 Å². The van der Waals surface area contributed by atoms with Crippen LogP contribution in [0.25, 0.3) is 0 Å². The van der Waals surface area contributed by atoms with Crippen molar-refractivity contribution in [3.63, 3.8) is 0 Å². The molecule has 0 unspecified atom stereocenters. The number of benzene rings is 2. The predicted octanol–water partition coefficient (Wildman–Crippen LogP) is 4.54. The first-order valence-corrected chi connectivity index (χ1v) is 7.54. The molecular formula is C13H9BrClIN2O. The van der Waals surface area contributed by atoms with E-state index in [0.29, 0.717) is 26.4 Å². The first kappa shape index (κ1) is 14.6. The number of nitrogens with two attached hydrogens (primary N) is 1. The zero-order valence-corrected chi connectivity index (χ0v) is 14.1. The first-order valence-electron chi connectivity index (χ1n) is 5.29. The molecule has 98 valence electrons. The maximum absolute atomic E-state index is 12.2. The number of rotatable bonds is 2. The van der Waals surface area contributed by atoms with E-state index in [1.807, 2.05) is 0 Å². The molecular weight excluding hydrogens is 442 g/mol. The Morgan fingerprint density at radius 2 is 2.05 bits per heavy atom. The average Bonchev–Trinajstić information content (AvgIpc) is 2.36. The lowest BCUT2D eigenvalue weighted by Crippen LogP contribution is -2.14. The number of carbonyl (C=O) groups excluding carboxylic acids is 1. The molecule has 0 atom stereocenters. The van der Waals surface area contributed by atoms with Crippen molar-refractivity contribution < 1.29 is 4.79 Å². The second-order valence-electron chi connectivity index (χ2n) is 3.79. The maximum atomic E-state index is 12.2. The minimum atomic E-state index is -0.223. The van der Waals surface area contributed by atoms with Gasteiger partial charge in [-0.15, -0.1) is 0 Å². The van der Waals surface area contributed by atoms with Gasteiger partial charge in [0.25, 0.3) is 5.91 Å². The molecule has 0 aliphatic heterocycles. The molecule has 0 aromatic heterocycles. The van der Waals surface area contributed by atoms with Gasteiger partial charge in [-0.3, -0.25) is 4.79 Å². The maximum Gasteiger partial charge on any atom is 0.256 e. The van der Waals surface area contributed by atoms with Gasteiger partial charge in [0.2, 0.25) is 0 Å². The highest BCUT2D eigenvalue weighted by Crippen LogP contribution is 2.26. The number of anilines is 2. The number of hydrogen-bond donors (Lipinski definition) is 2. The highest BCUT2D eigenvalue weighted by atomic mass is 127. The summed E-state index contributed by atoms with van der Waals surface area (Å²) in [7, 11) is 0. The molecule has 0 aliphatic rings. The van der Waals surface area contributed by atoms with Crippen LogP contribution in [0, 0.1) is 3.57 Å². The van der Waals surface area contributed by atoms with E-state index < -0.39 is 0 Å². The predicted molar refractivity (Wildman–Crippen MR) is 90.7 cm³/mol. The average molecular weight is 451 g/mol. The van der Waals surface area contributed by atoms with Crippen LogP contribution in [0.15, 0.2) is 40.9 Å². The van der Waals surface area contributed by atoms with Crippen LogP contribution in [0.4, 0.5) is 11.4 Å². The first-order chi connectivity index (χ1) is 8.99. The minimum Gasteiger partial charge on any atom is -0.398 e. The molecule has 2 aromatic rings. The number of nitrogen functional groups attached to an aromatic ring is 1. The molecule has 0 heterocycles. The van der Waals surface area contributed by atoms with E-state index in [0.717, 1.165) is 3.57 Å². The monoisotopic (exact) mass is 450 g/mol. The molecule has 0 fully saturated rings. The molecule has 3 N–H and O–H groups in total. The molecule has 1 amide bonds. The Morgan fingerprint density at radius 3 is 2.74 bits per heavy atom. The van der Waals surface area contributed by atoms with Gasteiger partial charge < -0.3 is 11.1 Å². The number of amides is 1. The van der Waals surface area contributed by atoms with Crippen LogP contribution < -0.4 is 11.1 Å². The molecule has 0 spiro atoms. The summed E-state index contributed by atoms with van der Waals surface area (Å²) in [4.78, 5) is 12.2. The van der Waals surface area contributed by atoms with Gasteiger partial charge in [-0.25, -0.2) is 0 Å². The van der Waals surface area contributed by atoms with Crippen LogP contribution in [0.3, 0.4) is 0 Å². The molecule has 0 aliphatic carbocycles. The normalized spacial score (nSPS) is 10.3. The summed E-state index contributed by atoms with van der Waals surface area (Å²) in [6.07, 6.45) is 0. The molecule has 19 heavy (non-hydrogen) atoms. The van der Waals surface area contributed by atoms with Gasteiger partial charge in [-0.1, -0.05) is 17.7 Å². The third-order valence-electron chi connectivity index (χ3n) is 2.45. The van der Waals surface area contributed by atoms with E-state index in [1.165, 1.54) is 0 Å². The van der Waals surface area contributed by atoms with E-state index in [9.17, 15) is 4.79 Å². The third-order valence-corrected chi connectivity index (χ3v) is 4.47. The lowest BCUT2D eigenvalue weighted by molar-refractivity contribution is 0.102. The molecule has 2 rings (SSSR count). The van der Waals surface area contributed by atoms with E-state index in [1.54, 1.807) is 36.4 Å². The molecule has 6 heteroatoms. The lowest BCUT2D eigenvalue weighted by atomic mass is 10.2. The van der Waals surface area contributed by atoms with Crippen molar-refractivity contribution in [1.82, 2.24) is 0 Å². The van der Waals surface area contributed by atoms with Crippen molar-refractivity contribution in [2.45, 2.75) is 0 Å². The Kier molecular flexibility index (Phi) is 4.70. The standard InChI is InChI=1S/C13H9BrClIN2O/c14-12-8(2-1-3-10(12)17)13(19)18-11-5-4-7(15)6-9(11)16/h1-6H,17H2,(H,18,19). The fraction of sp³-hybridized carbons (Fsp3) is 0. The number of nitrogens with one attached hydrogen (secondary N) is 1. The highest BCUT2D eigenvalue weighted by molar-refractivity contribution is 14.1. The second-order valence-corrected chi connectivity index (χ2v) is 6.18. The summed E-state index contributed by atoms with van der Waals surface area (Å²) in [6.45, 7) is 0. The Hall–Kier alpha value is -0.790. The smallest absolute Gasteiger partial charge is 0.256 e. The van der Waals surface area contributed by atoms with Gasteiger partial charge in [-0.2, -0.15) is 0 Å². The summed E-state index contributed by atoms with van der Waals surface area (Å²) >= 11 is 11.3. The summed E-state index contributed by atoms with van der Waals surface area (Å²) in [5.74, 6) is -0.223. The Balaban J connectivity index is 2.28. The van der Waals surface area contributed by atoms with Crippen molar-refractivity contribution in [3.05, 3.63) is 55.0 Å². The van der Waals surface area contributed by atoms with Gasteiger partial charge in [0.05, 0.1) is 15.7 Å². The minimum absolute atomic E-state index is 0.223. The Bertz CT molecular complexity index is 649. The van der Waals surface area contributed by atoms with E-state index in [-0.39, 0.29) is 5.91 Å². The molecule has 2 aromatic carbocycles. The number of hydrogen-bond acceptors (Lipinski definition) is 2. The highest BCUT2D eigenvalue weighted by Gasteiger charge is 2.13. The summed E-state index contributed by atoms with van der Waals surface area (Å²) < 4.78 is 1.47. The fourth-order valence-electron chi connectivity index (χ4n) is 1.51. The summed E-state index contributed by atoms with van der Waals surface area (Å²) in [6, 6.07) is 10.5. The van der Waals surface area contributed by atoms with Gasteiger partial charge in [0, 0.05) is 14.3 Å². The van der Waals surface area contributed by atoms with Crippen molar-refractivity contribution in [2.24, 2.45) is 0 Å². The van der Waals surface area contributed by atoms with Gasteiger partial charge in [0.15, 0.2) is 0 Å². The molecule has 0 saturated heterocycles. The van der Waals surface area contributed by atoms with E-state index in [4.69, 9.17) is 17.3 Å². The summed E-state index contributed by atoms with van der Waals surface area (Å²) in [5.41, 5.74) is 7.49. The van der Waals surface area contributed by atoms with Crippen LogP contribution in [0.2, 0.25) is 5.02 Å². The van der Waals surface area contributed by atoms with Crippen LogP contribution >= 0.6 is 50.1 Å². The van der Waals surface area contributed by atoms with Crippen LogP contribution in [0.5, 0.6) is 0 Å². The lowest BCUT2D eigenvalue weighted by Gasteiger charge is -2.10. The molecule has 0 bridgehead atoms. The van der Waals surface area contributed by atoms with Crippen molar-refractivity contribution in [3.8, 4) is 0 Å². The van der Waals surface area contributed by atoms with E-state index in [2.05, 4.69) is 43.8 Å². The largest absolute Gasteiger partial charge is 0.398 e. The van der Waals surface area contributed by atoms with Crippen molar-refractivity contribution in [1.29, 1.82) is 0 Å². The fourth-order valence-corrected chi connectivity index (χ4v) is 2.96. The second kappa shape index (κ2) is 6.11. The quantitative estimate of drug-likeness (QED) is 0.520. The zero-order valence-electron chi connectivity index (χ0n) is 9.58. The zero-order chi connectivity index (χ0) is 14.0. The van der Waals surface area contributed by atoms with Crippen LogP contribution in [-0.4, -0.2) is 5.91 Å². The van der Waals surface area contributed by atoms with Crippen LogP contribution in [0.1, 0.15) is 10.4 Å². The molecule has 3 nitrogen and oxygen atoms in total. The third kappa shape index (κ3) is 3.40. The van der Waals surface area contributed by atoms with Gasteiger partial charge in [-0.05, 0) is 68.9 Å². The Labute approximate surface area is 137 Å². The number of halogens is 3. The van der Waals surface area contributed by atoms with Crippen molar-refractivity contribution in [2.75, 3.05) is 11.1 Å². The van der Waals surface area contributed by atoms with Gasteiger partial charge in [0.1, 0.15) is 0 Å². The van der Waals surface area contributed by atoms with Crippen LogP contribution in [-0.2, 0) is 0 Å². The Morgan fingerprint density at radius 1 is 1.32 bits per heavy atom. The summed E-state index contributed by atoms with van der Waals surface area (Å²) in [5, 5.41) is 3.46. The number of carbonyl (C=O) groups is 1. The SMILES string of the molecule is Nc1cccc(C(=O)Nc2ccc(Cl)cc2I)c1Br. The molecule has 0 radical (unpaired) electrons. The molecule has 0 saturated carbocycles. The van der Waals surface area contributed by atoms with Crippen molar-refractivity contribution >= 4 is 67.4 Å². The van der Waals surface area contributed by atoms with E-state index >= 15 is 0 Å².